The van der Waals surface area contributed by atoms with Crippen molar-refractivity contribution in [1.82, 2.24) is 20.0 Å². The molecule has 0 aliphatic rings. The van der Waals surface area contributed by atoms with Gasteiger partial charge in [0.2, 0.25) is 0 Å². The molecule has 1 N–H and O–H groups in total. The number of aryl methyl sites for hydroxylation is 1. The average molecular weight is 380 g/mol. The van der Waals surface area contributed by atoms with Gasteiger partial charge in [0.25, 0.3) is 0 Å². The molecule has 0 aliphatic heterocycles. The fourth-order valence-electron chi connectivity index (χ4n) is 3.18. The third-order valence-electron chi connectivity index (χ3n) is 4.49. The third kappa shape index (κ3) is 5.03. The molecular formula is C22H28N4O2. The molecule has 1 unspecified atom stereocenters. The molecule has 0 saturated heterocycles. The summed E-state index contributed by atoms with van der Waals surface area (Å²) in [5, 5.41) is 7.47. The topological polar surface area (TPSA) is 63.3 Å². The van der Waals surface area contributed by atoms with Crippen molar-refractivity contribution in [2.24, 2.45) is 5.92 Å². The van der Waals surface area contributed by atoms with Crippen molar-refractivity contribution in [3.63, 3.8) is 0 Å². The number of aromatic nitrogens is 2. The van der Waals surface area contributed by atoms with E-state index in [1.807, 2.05) is 71.4 Å². The highest BCUT2D eigenvalue weighted by Gasteiger charge is 2.23. The molecule has 0 aliphatic carbocycles. The summed E-state index contributed by atoms with van der Waals surface area (Å²) >= 11 is 0. The van der Waals surface area contributed by atoms with E-state index in [1.54, 1.807) is 6.26 Å². The van der Waals surface area contributed by atoms with Crippen LogP contribution in [0.1, 0.15) is 43.7 Å². The Bertz CT molecular complexity index is 856. The van der Waals surface area contributed by atoms with E-state index in [0.29, 0.717) is 24.8 Å². The Balaban J connectivity index is 1.80. The number of carbonyl (C=O) groups excluding carboxylic acids is 1. The second-order valence-corrected chi connectivity index (χ2v) is 7.29. The van der Waals surface area contributed by atoms with Gasteiger partial charge in [-0.25, -0.2) is 4.79 Å². The Morgan fingerprint density at radius 2 is 2.00 bits per heavy atom. The zero-order valence-electron chi connectivity index (χ0n) is 16.7. The highest BCUT2D eigenvalue weighted by atomic mass is 16.3. The predicted molar refractivity (Wildman–Crippen MR) is 109 cm³/mol. The van der Waals surface area contributed by atoms with E-state index < -0.39 is 0 Å². The molecule has 3 rings (SSSR count). The lowest BCUT2D eigenvalue weighted by atomic mass is 10.0. The van der Waals surface area contributed by atoms with Gasteiger partial charge in [0.15, 0.2) is 0 Å². The number of nitrogens with zero attached hydrogens (tertiary/aromatic N) is 3. The van der Waals surface area contributed by atoms with Crippen molar-refractivity contribution in [1.29, 1.82) is 0 Å². The average Bonchev–Trinajstić information content (AvgIpc) is 3.37. The summed E-state index contributed by atoms with van der Waals surface area (Å²) in [6.07, 6.45) is 5.44. The molecule has 1 aromatic carbocycles. The van der Waals surface area contributed by atoms with Gasteiger partial charge in [0.1, 0.15) is 11.8 Å². The first-order valence-electron chi connectivity index (χ1n) is 9.72. The van der Waals surface area contributed by atoms with Gasteiger partial charge in [0.05, 0.1) is 19.0 Å². The molecule has 0 bridgehead atoms. The van der Waals surface area contributed by atoms with Gasteiger partial charge in [-0.1, -0.05) is 44.2 Å². The van der Waals surface area contributed by atoms with Crippen LogP contribution in [0.25, 0.3) is 0 Å². The third-order valence-corrected chi connectivity index (χ3v) is 4.49. The normalized spacial score (nSPS) is 12.1. The highest BCUT2D eigenvalue weighted by Crippen LogP contribution is 2.23. The molecule has 2 amide bonds. The number of carbonyl (C=O) groups is 1. The lowest BCUT2D eigenvalue weighted by molar-refractivity contribution is 0.184. The number of furan rings is 1. The largest absolute Gasteiger partial charge is 0.467 e. The van der Waals surface area contributed by atoms with Crippen LogP contribution in [-0.2, 0) is 13.1 Å². The van der Waals surface area contributed by atoms with Gasteiger partial charge in [-0.2, -0.15) is 5.10 Å². The standard InChI is InChI=1S/C22H28N4O2/c1-4-26-16-18(13-23-26)15-25(14-17(2)3)22(27)24-21(20-11-8-12-28-20)19-9-6-5-7-10-19/h5-13,16-17,21H,4,14-15H2,1-3H3,(H,24,27). The summed E-state index contributed by atoms with van der Waals surface area (Å²) in [6, 6.07) is 13.1. The Labute approximate surface area is 166 Å². The maximum atomic E-state index is 13.2. The van der Waals surface area contributed by atoms with E-state index in [9.17, 15) is 4.79 Å². The zero-order chi connectivity index (χ0) is 19.9. The summed E-state index contributed by atoms with van der Waals surface area (Å²) < 4.78 is 7.47. The fourth-order valence-corrected chi connectivity index (χ4v) is 3.18. The maximum Gasteiger partial charge on any atom is 0.318 e. The number of nitrogens with one attached hydrogen (secondary N) is 1. The Kier molecular flexibility index (Phi) is 6.53. The summed E-state index contributed by atoms with van der Waals surface area (Å²) in [5.41, 5.74) is 2.00. The van der Waals surface area contributed by atoms with E-state index in [2.05, 4.69) is 24.3 Å². The SMILES string of the molecule is CCn1cc(CN(CC(C)C)C(=O)NC(c2ccccc2)c2ccco2)cn1. The molecule has 28 heavy (non-hydrogen) atoms. The number of amides is 2. The zero-order valence-corrected chi connectivity index (χ0v) is 16.7. The van der Waals surface area contributed by atoms with Crippen molar-refractivity contribution in [2.45, 2.75) is 39.9 Å². The van der Waals surface area contributed by atoms with E-state index >= 15 is 0 Å². The molecule has 6 heteroatoms. The minimum absolute atomic E-state index is 0.122. The Morgan fingerprint density at radius 3 is 2.61 bits per heavy atom. The van der Waals surface area contributed by atoms with E-state index in [0.717, 1.165) is 17.7 Å². The first-order valence-corrected chi connectivity index (χ1v) is 9.72. The summed E-state index contributed by atoms with van der Waals surface area (Å²) in [7, 11) is 0. The van der Waals surface area contributed by atoms with Gasteiger partial charge in [-0.05, 0) is 30.5 Å². The monoisotopic (exact) mass is 380 g/mol. The molecular weight excluding hydrogens is 352 g/mol. The van der Waals surface area contributed by atoms with Crippen molar-refractivity contribution >= 4 is 6.03 Å². The first-order chi connectivity index (χ1) is 13.6. The van der Waals surface area contributed by atoms with Crippen LogP contribution >= 0.6 is 0 Å². The van der Waals surface area contributed by atoms with Gasteiger partial charge in [-0.3, -0.25) is 4.68 Å². The van der Waals surface area contributed by atoms with Crippen LogP contribution in [0.3, 0.4) is 0 Å². The van der Waals surface area contributed by atoms with Crippen LogP contribution < -0.4 is 5.32 Å². The molecule has 6 nitrogen and oxygen atoms in total. The lowest BCUT2D eigenvalue weighted by Crippen LogP contribution is -2.43. The number of benzene rings is 1. The second kappa shape index (κ2) is 9.26. The number of rotatable bonds is 8. The van der Waals surface area contributed by atoms with Gasteiger partial charge < -0.3 is 14.6 Å². The smallest absolute Gasteiger partial charge is 0.318 e. The second-order valence-electron chi connectivity index (χ2n) is 7.29. The Hall–Kier alpha value is -3.02. The quantitative estimate of drug-likeness (QED) is 0.628. The number of hydrogen-bond donors (Lipinski definition) is 1. The summed E-state index contributed by atoms with van der Waals surface area (Å²) in [4.78, 5) is 15.0. The predicted octanol–water partition coefficient (Wildman–Crippen LogP) is 4.45. The van der Waals surface area contributed by atoms with Crippen LogP contribution in [0.4, 0.5) is 4.79 Å². The van der Waals surface area contributed by atoms with Crippen molar-refractivity contribution in [3.05, 3.63) is 78.0 Å². The molecule has 1 atom stereocenters. The molecule has 2 heterocycles. The fraction of sp³-hybridized carbons (Fsp3) is 0.364. The van der Waals surface area contributed by atoms with Crippen LogP contribution in [0.5, 0.6) is 0 Å². The summed E-state index contributed by atoms with van der Waals surface area (Å²) in [5.74, 6) is 1.06. The molecule has 0 spiro atoms. The lowest BCUT2D eigenvalue weighted by Gasteiger charge is -2.27. The molecule has 0 saturated carbocycles. The first kappa shape index (κ1) is 19.7. The minimum atomic E-state index is -0.336. The maximum absolute atomic E-state index is 13.2. The van der Waals surface area contributed by atoms with Gasteiger partial charge >= 0.3 is 6.03 Å². The molecule has 3 aromatic rings. The molecule has 148 valence electrons. The van der Waals surface area contributed by atoms with E-state index in [1.165, 1.54) is 0 Å². The van der Waals surface area contributed by atoms with Crippen molar-refractivity contribution in [2.75, 3.05) is 6.54 Å². The van der Waals surface area contributed by atoms with Crippen molar-refractivity contribution in [3.8, 4) is 0 Å². The number of urea groups is 1. The minimum Gasteiger partial charge on any atom is -0.467 e. The number of hydrogen-bond acceptors (Lipinski definition) is 3. The highest BCUT2D eigenvalue weighted by molar-refractivity contribution is 5.75. The van der Waals surface area contributed by atoms with Crippen LogP contribution in [-0.4, -0.2) is 27.3 Å². The Morgan fingerprint density at radius 1 is 1.21 bits per heavy atom. The van der Waals surface area contributed by atoms with Crippen molar-refractivity contribution < 1.29 is 9.21 Å². The molecule has 0 radical (unpaired) electrons. The van der Waals surface area contributed by atoms with Crippen LogP contribution in [0.15, 0.2) is 65.5 Å². The van der Waals surface area contributed by atoms with E-state index in [-0.39, 0.29) is 12.1 Å². The van der Waals surface area contributed by atoms with Gasteiger partial charge in [-0.15, -0.1) is 0 Å². The van der Waals surface area contributed by atoms with Crippen LogP contribution in [0.2, 0.25) is 0 Å². The molecule has 2 aromatic heterocycles. The van der Waals surface area contributed by atoms with E-state index in [4.69, 9.17) is 4.42 Å². The van der Waals surface area contributed by atoms with Gasteiger partial charge in [0, 0.05) is 24.8 Å². The van der Waals surface area contributed by atoms with Crippen LogP contribution in [0, 0.1) is 5.92 Å². The summed E-state index contributed by atoms with van der Waals surface area (Å²) in [6.45, 7) is 8.24. The molecule has 0 fully saturated rings.